The Hall–Kier alpha value is -11.8. The van der Waals surface area contributed by atoms with Gasteiger partial charge in [0.25, 0.3) is 13.4 Å². The highest BCUT2D eigenvalue weighted by atomic mass is 16.5. The zero-order valence-electron chi connectivity index (χ0n) is 47.8. The van der Waals surface area contributed by atoms with Crippen LogP contribution < -0.4 is 76.2 Å². The first kappa shape index (κ1) is 49.5. The summed E-state index contributed by atoms with van der Waals surface area (Å²) < 4.78 is 28.6. The molecule has 0 spiro atoms. The van der Waals surface area contributed by atoms with E-state index in [4.69, 9.17) is 18.9 Å². The second-order valence-corrected chi connectivity index (χ2v) is 23.2. The van der Waals surface area contributed by atoms with Crippen molar-refractivity contribution in [3.63, 3.8) is 0 Å². The average Bonchev–Trinajstić information content (AvgIpc) is 0.725. The van der Waals surface area contributed by atoms with Crippen LogP contribution in [0, 0.1) is 0 Å². The Morgan fingerprint density at radius 3 is 1.17 bits per heavy atom. The number of anilines is 15. The second-order valence-electron chi connectivity index (χ2n) is 23.2. The monoisotopic (exact) mass is 1140 g/mol. The van der Waals surface area contributed by atoms with Gasteiger partial charge in [0.1, 0.15) is 28.7 Å². The van der Waals surface area contributed by atoms with E-state index in [0.29, 0.717) is 0 Å². The van der Waals surface area contributed by atoms with Crippen LogP contribution in [0.3, 0.4) is 0 Å². The van der Waals surface area contributed by atoms with Gasteiger partial charge in [0.15, 0.2) is 23.0 Å². The molecule has 13 aromatic rings. The second kappa shape index (κ2) is 19.4. The minimum absolute atomic E-state index is 0.224. The van der Waals surface area contributed by atoms with E-state index in [1.165, 1.54) is 0 Å². The van der Waals surface area contributed by atoms with Gasteiger partial charge in [-0.2, -0.15) is 0 Å². The molecule has 0 bridgehead atoms. The summed E-state index contributed by atoms with van der Waals surface area (Å²) in [6, 6.07) is 106. The Bertz CT molecular complexity index is 4950. The Labute approximate surface area is 515 Å². The molecule has 9 nitrogen and oxygen atoms in total. The van der Waals surface area contributed by atoms with Crippen molar-refractivity contribution < 1.29 is 18.9 Å². The quantitative estimate of drug-likeness (QED) is 0.139. The summed E-state index contributed by atoms with van der Waals surface area (Å²) in [6.07, 6.45) is 0. The number of rotatable bonds is 8. The molecule has 0 amide bonds. The van der Waals surface area contributed by atoms with Crippen molar-refractivity contribution in [3.8, 4) is 46.0 Å². The highest BCUT2D eigenvalue weighted by molar-refractivity contribution is 7.02. The lowest BCUT2D eigenvalue weighted by Gasteiger charge is -2.45. The Balaban J connectivity index is 0.905. The number of ether oxygens (including phenoxy) is 4. The number of fused-ring (bicyclic) bond motifs is 12. The maximum atomic E-state index is 7.62. The highest BCUT2D eigenvalue weighted by Crippen LogP contribution is 2.61. The van der Waals surface area contributed by atoms with Gasteiger partial charge in [-0.25, -0.2) is 0 Å². The molecular weight excluding hydrogens is 1090 g/mol. The average molecular weight is 1140 g/mol. The van der Waals surface area contributed by atoms with Crippen molar-refractivity contribution in [1.82, 2.24) is 0 Å². The van der Waals surface area contributed by atoms with E-state index in [1.807, 2.05) is 30.3 Å². The van der Waals surface area contributed by atoms with E-state index >= 15 is 0 Å². The zero-order chi connectivity index (χ0) is 58.3. The van der Waals surface area contributed by atoms with E-state index in [1.54, 1.807) is 0 Å². The predicted octanol–water partition coefficient (Wildman–Crippen LogP) is 17.1. The van der Waals surface area contributed by atoms with Crippen LogP contribution in [0.4, 0.5) is 85.3 Å². The van der Waals surface area contributed by atoms with Crippen molar-refractivity contribution in [2.75, 3.05) is 24.5 Å². The van der Waals surface area contributed by atoms with Crippen LogP contribution in [0.15, 0.2) is 297 Å². The maximum absolute atomic E-state index is 7.62. The molecule has 13 aromatic carbocycles. The SMILES string of the molecule is c1ccc(N(c2ccccc2)c2cc3c4c(c2)N(c2ccccc2)c2cc5c(cc2B4c2ccccc2O3)B2c3cc4c(cc3Oc3cc(N(c6ccccc6)c6ccccc6)cc(c32)N5c2ccccc2)N2c3ccccc3Oc3cccc(c32)O4)cc1. The van der Waals surface area contributed by atoms with E-state index in [0.717, 1.165) is 164 Å². The van der Waals surface area contributed by atoms with Gasteiger partial charge in [0.05, 0.1) is 22.7 Å². The molecule has 0 atom stereocenters. The van der Waals surface area contributed by atoms with Gasteiger partial charge in [0.2, 0.25) is 0 Å². The van der Waals surface area contributed by atoms with Gasteiger partial charge >= 0.3 is 0 Å². The van der Waals surface area contributed by atoms with Crippen LogP contribution in [-0.4, -0.2) is 13.4 Å². The van der Waals surface area contributed by atoms with Crippen LogP contribution in [0.1, 0.15) is 0 Å². The third-order valence-corrected chi connectivity index (χ3v) is 18.2. The summed E-state index contributed by atoms with van der Waals surface area (Å²) in [7, 11) is 0. The third-order valence-electron chi connectivity index (χ3n) is 18.2. The standard InChI is InChI=1S/C78H49B2N5O4/c1-7-24-50(25-8-1)81(51-26-9-2-10-27-51)56-42-66-76-74(44-56)86-68-38-21-19-36-58(68)79(76)59-46-60-64(48-63(59)83(66)54-32-15-5-16-33-54)84(55-34-17-6-18-35-55)67-43-57(82(52-28-11-3-12-29-52)53-30-13-4-14-31-53)45-75-77(67)80(60)61-47-73-65(49-72(61)89-75)85-62-37-20-22-39-69(62)87-70-40-23-41-71(88-73)78(70)85/h1-49H. The number of para-hydroxylation sites is 10. The Kier molecular flexibility index (Phi) is 10.8. The molecule has 11 heteroatoms. The van der Waals surface area contributed by atoms with Crippen LogP contribution in [0.5, 0.6) is 46.0 Å². The molecule has 0 fully saturated rings. The molecule has 0 radical (unpaired) electrons. The summed E-state index contributed by atoms with van der Waals surface area (Å²) >= 11 is 0. The summed E-state index contributed by atoms with van der Waals surface area (Å²) in [5, 5.41) is 0. The summed E-state index contributed by atoms with van der Waals surface area (Å²) in [4.78, 5) is 11.9. The molecule has 0 aromatic heterocycles. The van der Waals surface area contributed by atoms with Crippen LogP contribution in [0.25, 0.3) is 0 Å². The molecule has 0 saturated heterocycles. The van der Waals surface area contributed by atoms with Crippen molar-refractivity contribution in [3.05, 3.63) is 297 Å². The molecule has 416 valence electrons. The molecule has 6 heterocycles. The van der Waals surface area contributed by atoms with E-state index in [-0.39, 0.29) is 13.4 Å². The molecule has 6 aliphatic heterocycles. The number of hydrogen-bond donors (Lipinski definition) is 0. The van der Waals surface area contributed by atoms with Gasteiger partial charge in [-0.15, -0.1) is 0 Å². The molecule has 6 aliphatic rings. The molecular formula is C78H49B2N5O4. The largest absolute Gasteiger partial charge is 0.458 e. The summed E-state index contributed by atoms with van der Waals surface area (Å²) in [6.45, 7) is -0.564. The smallest absolute Gasteiger partial charge is 0.256 e. The number of benzene rings is 13. The fourth-order valence-corrected chi connectivity index (χ4v) is 14.6. The zero-order valence-corrected chi connectivity index (χ0v) is 47.8. The molecule has 89 heavy (non-hydrogen) atoms. The van der Waals surface area contributed by atoms with Gasteiger partial charge < -0.3 is 38.5 Å². The Morgan fingerprint density at radius 2 is 0.640 bits per heavy atom. The molecule has 19 rings (SSSR count). The van der Waals surface area contributed by atoms with E-state index in [2.05, 4.69) is 291 Å². The lowest BCUT2D eigenvalue weighted by Crippen LogP contribution is -2.63. The first-order valence-electron chi connectivity index (χ1n) is 30.2. The topological polar surface area (TPSA) is 53.1 Å². The van der Waals surface area contributed by atoms with Crippen molar-refractivity contribution >= 4 is 132 Å². The van der Waals surface area contributed by atoms with Crippen LogP contribution in [-0.2, 0) is 0 Å². The van der Waals surface area contributed by atoms with Crippen molar-refractivity contribution in [2.24, 2.45) is 0 Å². The first-order valence-corrected chi connectivity index (χ1v) is 30.2. The third kappa shape index (κ3) is 7.52. The lowest BCUT2D eigenvalue weighted by molar-refractivity contribution is 0.443. The van der Waals surface area contributed by atoms with Crippen molar-refractivity contribution in [2.45, 2.75) is 0 Å². The molecule has 0 N–H and O–H groups in total. The van der Waals surface area contributed by atoms with E-state index < -0.39 is 0 Å². The highest BCUT2D eigenvalue weighted by Gasteiger charge is 2.49. The lowest BCUT2D eigenvalue weighted by atomic mass is 9.31. The predicted molar refractivity (Wildman–Crippen MR) is 362 cm³/mol. The van der Waals surface area contributed by atoms with E-state index in [9.17, 15) is 0 Å². The maximum Gasteiger partial charge on any atom is 0.256 e. The van der Waals surface area contributed by atoms with Crippen LogP contribution >= 0.6 is 0 Å². The summed E-state index contributed by atoms with van der Waals surface area (Å²) in [5.74, 6) is 6.08. The van der Waals surface area contributed by atoms with Gasteiger partial charge in [0, 0.05) is 75.1 Å². The van der Waals surface area contributed by atoms with Crippen molar-refractivity contribution in [1.29, 1.82) is 0 Å². The van der Waals surface area contributed by atoms with Gasteiger partial charge in [-0.05, 0) is 160 Å². The van der Waals surface area contributed by atoms with Gasteiger partial charge in [-0.1, -0.05) is 152 Å². The fraction of sp³-hybridized carbons (Fsp3) is 0. The minimum atomic E-state index is -0.340. The molecule has 0 aliphatic carbocycles. The van der Waals surface area contributed by atoms with Gasteiger partial charge in [-0.3, -0.25) is 4.90 Å². The summed E-state index contributed by atoms with van der Waals surface area (Å²) in [5.41, 5.74) is 21.4. The number of nitrogens with zero attached hydrogens (tertiary/aromatic N) is 5. The minimum Gasteiger partial charge on any atom is -0.458 e. The first-order chi connectivity index (χ1) is 44.1. The number of hydrogen-bond acceptors (Lipinski definition) is 9. The molecule has 0 saturated carbocycles. The molecule has 0 unspecified atom stereocenters. The Morgan fingerprint density at radius 1 is 0.225 bits per heavy atom. The fourth-order valence-electron chi connectivity index (χ4n) is 14.6. The normalized spacial score (nSPS) is 13.4. The van der Waals surface area contributed by atoms with Crippen LogP contribution in [0.2, 0.25) is 0 Å².